The van der Waals surface area contributed by atoms with E-state index in [1.807, 2.05) is 47.5 Å². The maximum absolute atomic E-state index is 12.4. The lowest BCUT2D eigenvalue weighted by Gasteiger charge is -2.28. The molecular weight excluding hydrogens is 250 g/mol. The van der Waals surface area contributed by atoms with Gasteiger partial charge in [0.1, 0.15) is 0 Å². The molecule has 0 saturated heterocycles. The minimum Gasteiger partial charge on any atom is -0.383 e. The van der Waals surface area contributed by atoms with Gasteiger partial charge < -0.3 is 10.2 Å². The lowest BCUT2D eigenvalue weighted by atomic mass is 10.1. The fourth-order valence-corrected chi connectivity index (χ4v) is 2.44. The number of nitrogens with one attached hydrogen (secondary N) is 1. The van der Waals surface area contributed by atoms with E-state index in [4.69, 9.17) is 0 Å². The number of para-hydroxylation sites is 2. The molecule has 4 heteroatoms. The van der Waals surface area contributed by atoms with Gasteiger partial charge in [-0.15, -0.1) is 0 Å². The van der Waals surface area contributed by atoms with Crippen molar-refractivity contribution >= 4 is 17.3 Å². The van der Waals surface area contributed by atoms with Gasteiger partial charge in [0.05, 0.1) is 17.9 Å². The van der Waals surface area contributed by atoms with Crippen LogP contribution in [0, 0.1) is 0 Å². The summed E-state index contributed by atoms with van der Waals surface area (Å²) < 4.78 is 0. The number of pyridine rings is 1. The van der Waals surface area contributed by atoms with Crippen molar-refractivity contribution in [2.24, 2.45) is 0 Å². The summed E-state index contributed by atoms with van der Waals surface area (Å²) in [5.74, 6) is 0.169. The van der Waals surface area contributed by atoms with Crippen LogP contribution in [0.15, 0.2) is 48.8 Å². The Hall–Kier alpha value is -2.36. The first kappa shape index (κ1) is 12.7. The number of aromatic nitrogens is 1. The second kappa shape index (κ2) is 5.74. The van der Waals surface area contributed by atoms with Crippen LogP contribution in [0.1, 0.15) is 18.4 Å². The van der Waals surface area contributed by atoms with Crippen LogP contribution < -0.4 is 10.2 Å². The van der Waals surface area contributed by atoms with E-state index in [0.29, 0.717) is 13.0 Å². The Morgan fingerprint density at radius 1 is 1.20 bits per heavy atom. The van der Waals surface area contributed by atoms with E-state index in [1.165, 1.54) is 0 Å². The summed E-state index contributed by atoms with van der Waals surface area (Å²) >= 11 is 0. The molecule has 2 aromatic rings. The molecule has 0 fully saturated rings. The average molecular weight is 267 g/mol. The van der Waals surface area contributed by atoms with Gasteiger partial charge in [-0.25, -0.2) is 0 Å². The van der Waals surface area contributed by atoms with Gasteiger partial charge in [-0.05, 0) is 30.2 Å². The lowest BCUT2D eigenvalue weighted by Crippen LogP contribution is -2.32. The predicted molar refractivity (Wildman–Crippen MR) is 79.6 cm³/mol. The molecule has 1 aliphatic heterocycles. The SMILES string of the molecule is O=C1CCCNc2ccccc2N1Cc1cccnc1. The van der Waals surface area contributed by atoms with Gasteiger partial charge in [0.15, 0.2) is 0 Å². The molecule has 0 saturated carbocycles. The molecule has 2 heterocycles. The number of amides is 1. The van der Waals surface area contributed by atoms with Crippen LogP contribution in [-0.4, -0.2) is 17.4 Å². The Kier molecular flexibility index (Phi) is 3.63. The zero-order valence-corrected chi connectivity index (χ0v) is 11.2. The Labute approximate surface area is 118 Å². The minimum atomic E-state index is 0.169. The third-order valence-corrected chi connectivity index (χ3v) is 3.44. The fourth-order valence-electron chi connectivity index (χ4n) is 2.44. The molecule has 1 aromatic heterocycles. The van der Waals surface area contributed by atoms with Crippen molar-refractivity contribution < 1.29 is 4.79 Å². The van der Waals surface area contributed by atoms with Crippen molar-refractivity contribution in [2.45, 2.75) is 19.4 Å². The summed E-state index contributed by atoms with van der Waals surface area (Å²) in [5, 5.41) is 3.39. The topological polar surface area (TPSA) is 45.2 Å². The first-order valence-electron chi connectivity index (χ1n) is 6.87. The van der Waals surface area contributed by atoms with Crippen LogP contribution in [-0.2, 0) is 11.3 Å². The Balaban J connectivity index is 1.96. The van der Waals surface area contributed by atoms with Gasteiger partial charge in [0.25, 0.3) is 0 Å². The summed E-state index contributed by atoms with van der Waals surface area (Å²) in [7, 11) is 0. The summed E-state index contributed by atoms with van der Waals surface area (Å²) in [6.07, 6.45) is 4.98. The zero-order valence-electron chi connectivity index (χ0n) is 11.2. The van der Waals surface area contributed by atoms with Crippen LogP contribution in [0.3, 0.4) is 0 Å². The highest BCUT2D eigenvalue weighted by atomic mass is 16.2. The van der Waals surface area contributed by atoms with Gasteiger partial charge in [-0.2, -0.15) is 0 Å². The van der Waals surface area contributed by atoms with Crippen molar-refractivity contribution in [3.8, 4) is 0 Å². The Morgan fingerprint density at radius 3 is 2.95 bits per heavy atom. The summed E-state index contributed by atoms with van der Waals surface area (Å²) in [6, 6.07) is 11.8. The van der Waals surface area contributed by atoms with E-state index in [0.717, 1.165) is 29.9 Å². The molecule has 3 rings (SSSR count). The molecule has 0 aliphatic carbocycles. The van der Waals surface area contributed by atoms with Crippen molar-refractivity contribution in [3.63, 3.8) is 0 Å². The van der Waals surface area contributed by atoms with Crippen LogP contribution in [0.5, 0.6) is 0 Å². The maximum atomic E-state index is 12.4. The Bertz CT molecular complexity index is 598. The van der Waals surface area contributed by atoms with Crippen molar-refractivity contribution in [1.29, 1.82) is 0 Å². The van der Waals surface area contributed by atoms with Gasteiger partial charge in [0, 0.05) is 25.4 Å². The molecule has 4 nitrogen and oxygen atoms in total. The number of anilines is 2. The van der Waals surface area contributed by atoms with E-state index >= 15 is 0 Å². The maximum Gasteiger partial charge on any atom is 0.227 e. The van der Waals surface area contributed by atoms with Crippen molar-refractivity contribution in [2.75, 3.05) is 16.8 Å². The molecule has 0 unspecified atom stereocenters. The summed E-state index contributed by atoms with van der Waals surface area (Å²) in [4.78, 5) is 18.4. The molecule has 0 radical (unpaired) electrons. The van der Waals surface area contributed by atoms with Crippen LogP contribution in [0.25, 0.3) is 0 Å². The summed E-state index contributed by atoms with van der Waals surface area (Å²) in [6.45, 7) is 1.40. The number of fused-ring (bicyclic) bond motifs is 1. The molecule has 102 valence electrons. The van der Waals surface area contributed by atoms with E-state index in [9.17, 15) is 4.79 Å². The molecule has 20 heavy (non-hydrogen) atoms. The number of rotatable bonds is 2. The minimum absolute atomic E-state index is 0.169. The highest BCUT2D eigenvalue weighted by molar-refractivity contribution is 5.97. The predicted octanol–water partition coefficient (Wildman–Crippen LogP) is 2.82. The first-order valence-corrected chi connectivity index (χ1v) is 6.87. The van der Waals surface area contributed by atoms with Gasteiger partial charge in [-0.3, -0.25) is 9.78 Å². The van der Waals surface area contributed by atoms with Crippen LogP contribution >= 0.6 is 0 Å². The normalized spacial score (nSPS) is 15.0. The standard InChI is InChI=1S/C16H17N3O/c20-16-8-4-10-18-14-6-1-2-7-15(14)19(16)12-13-5-3-9-17-11-13/h1-3,5-7,9,11,18H,4,8,10,12H2. The second-order valence-electron chi connectivity index (χ2n) is 4.89. The number of hydrogen-bond acceptors (Lipinski definition) is 3. The number of carbonyl (C=O) groups excluding carboxylic acids is 1. The first-order chi connectivity index (χ1) is 9.84. The van der Waals surface area contributed by atoms with Gasteiger partial charge >= 0.3 is 0 Å². The molecule has 1 N–H and O–H groups in total. The van der Waals surface area contributed by atoms with Crippen molar-refractivity contribution in [1.82, 2.24) is 4.98 Å². The monoisotopic (exact) mass is 267 g/mol. The average Bonchev–Trinajstić information content (AvgIpc) is 2.49. The number of nitrogens with zero attached hydrogens (tertiary/aromatic N) is 2. The van der Waals surface area contributed by atoms with Gasteiger partial charge in [0.2, 0.25) is 5.91 Å². The second-order valence-corrected chi connectivity index (χ2v) is 4.89. The number of hydrogen-bond donors (Lipinski definition) is 1. The third kappa shape index (κ3) is 2.64. The molecule has 0 atom stereocenters. The summed E-state index contributed by atoms with van der Waals surface area (Å²) in [5.41, 5.74) is 3.00. The smallest absolute Gasteiger partial charge is 0.227 e. The number of carbonyl (C=O) groups is 1. The Morgan fingerprint density at radius 2 is 2.10 bits per heavy atom. The van der Waals surface area contributed by atoms with E-state index in [1.54, 1.807) is 6.20 Å². The molecule has 1 amide bonds. The molecule has 0 spiro atoms. The number of benzene rings is 1. The van der Waals surface area contributed by atoms with E-state index < -0.39 is 0 Å². The lowest BCUT2D eigenvalue weighted by molar-refractivity contribution is -0.118. The third-order valence-electron chi connectivity index (χ3n) is 3.44. The van der Waals surface area contributed by atoms with Crippen LogP contribution in [0.4, 0.5) is 11.4 Å². The van der Waals surface area contributed by atoms with Gasteiger partial charge in [-0.1, -0.05) is 18.2 Å². The van der Waals surface area contributed by atoms with Crippen molar-refractivity contribution in [3.05, 3.63) is 54.4 Å². The molecule has 1 aliphatic rings. The van der Waals surface area contributed by atoms with E-state index in [2.05, 4.69) is 10.3 Å². The highest BCUT2D eigenvalue weighted by Gasteiger charge is 2.20. The largest absolute Gasteiger partial charge is 0.383 e. The van der Waals surface area contributed by atoms with E-state index in [-0.39, 0.29) is 5.91 Å². The molecular formula is C16H17N3O. The highest BCUT2D eigenvalue weighted by Crippen LogP contribution is 2.29. The van der Waals surface area contributed by atoms with Crippen LogP contribution in [0.2, 0.25) is 0 Å². The zero-order chi connectivity index (χ0) is 13.8. The quantitative estimate of drug-likeness (QED) is 0.910. The fraction of sp³-hybridized carbons (Fsp3) is 0.250. The molecule has 0 bridgehead atoms. The molecule has 1 aromatic carbocycles.